The van der Waals surface area contributed by atoms with Crippen molar-refractivity contribution >= 4 is 22.9 Å². The van der Waals surface area contributed by atoms with E-state index in [4.69, 9.17) is 21.9 Å². The highest BCUT2D eigenvalue weighted by atomic mass is 35.5. The maximum Gasteiger partial charge on any atom is 0.270 e. The van der Waals surface area contributed by atoms with E-state index in [2.05, 4.69) is 15.1 Å². The zero-order valence-corrected chi connectivity index (χ0v) is 12.2. The van der Waals surface area contributed by atoms with E-state index < -0.39 is 0 Å². The molecule has 0 aliphatic rings. The van der Waals surface area contributed by atoms with Crippen molar-refractivity contribution < 1.29 is 4.52 Å². The van der Waals surface area contributed by atoms with Gasteiger partial charge in [0.25, 0.3) is 5.89 Å². The van der Waals surface area contributed by atoms with Crippen molar-refractivity contribution in [3.63, 3.8) is 0 Å². The topological polar surface area (TPSA) is 77.8 Å². The Morgan fingerprint density at radius 3 is 2.90 bits per heavy atom. The molecule has 0 aliphatic heterocycles. The van der Waals surface area contributed by atoms with Crippen molar-refractivity contribution in [3.05, 3.63) is 40.0 Å². The van der Waals surface area contributed by atoms with Crippen LogP contribution in [0.5, 0.6) is 0 Å². The van der Waals surface area contributed by atoms with Gasteiger partial charge in [-0.05, 0) is 19.1 Å². The fraction of sp³-hybridized carbons (Fsp3) is 0.154. The van der Waals surface area contributed by atoms with Crippen molar-refractivity contribution in [2.45, 2.75) is 13.5 Å². The molecule has 3 aromatic rings. The first-order valence-corrected chi connectivity index (χ1v) is 7.13. The predicted octanol–water partition coefficient (Wildman–Crippen LogP) is 3.28. The number of aryl methyl sites for hydroxylation is 1. The van der Waals surface area contributed by atoms with Gasteiger partial charge >= 0.3 is 0 Å². The molecule has 0 radical (unpaired) electrons. The molecule has 0 saturated carbocycles. The third-order valence-electron chi connectivity index (χ3n) is 2.72. The van der Waals surface area contributed by atoms with Gasteiger partial charge in [0.1, 0.15) is 9.88 Å². The van der Waals surface area contributed by atoms with Gasteiger partial charge in [0.15, 0.2) is 0 Å². The first-order valence-electron chi connectivity index (χ1n) is 5.94. The fourth-order valence-electron chi connectivity index (χ4n) is 1.80. The Labute approximate surface area is 124 Å². The predicted molar refractivity (Wildman–Crippen MR) is 78.5 cm³/mol. The van der Waals surface area contributed by atoms with Gasteiger partial charge in [-0.25, -0.2) is 4.98 Å². The molecule has 0 aliphatic carbocycles. The maximum atomic E-state index is 5.96. The molecule has 102 valence electrons. The molecule has 2 heterocycles. The van der Waals surface area contributed by atoms with Crippen LogP contribution in [0.15, 0.2) is 28.8 Å². The molecular weight excluding hydrogens is 296 g/mol. The van der Waals surface area contributed by atoms with Crippen LogP contribution in [-0.2, 0) is 6.54 Å². The van der Waals surface area contributed by atoms with E-state index in [0.29, 0.717) is 23.3 Å². The molecule has 2 N–H and O–H groups in total. The lowest BCUT2D eigenvalue weighted by Crippen LogP contribution is -1.94. The summed E-state index contributed by atoms with van der Waals surface area (Å²) in [5.74, 6) is 0.958. The molecule has 0 fully saturated rings. The van der Waals surface area contributed by atoms with Gasteiger partial charge in [0.2, 0.25) is 5.82 Å². The van der Waals surface area contributed by atoms with Crippen molar-refractivity contribution in [1.29, 1.82) is 0 Å². The number of aromatic nitrogens is 3. The molecular formula is C13H11ClN4OS. The first kappa shape index (κ1) is 13.2. The lowest BCUT2D eigenvalue weighted by atomic mass is 10.2. The van der Waals surface area contributed by atoms with Gasteiger partial charge in [-0.2, -0.15) is 4.98 Å². The quantitative estimate of drug-likeness (QED) is 0.803. The van der Waals surface area contributed by atoms with Crippen LogP contribution < -0.4 is 5.73 Å². The number of nitrogens with two attached hydrogens (primary N) is 1. The van der Waals surface area contributed by atoms with E-state index in [1.165, 1.54) is 11.3 Å². The standard InChI is InChI=1S/C13H11ClN4OS/c1-7-11(20-10(6-15)16-7)13-17-12(18-19-13)8-3-2-4-9(14)5-8/h2-5H,6,15H2,1H3. The summed E-state index contributed by atoms with van der Waals surface area (Å²) in [6, 6.07) is 7.32. The minimum atomic E-state index is 0.404. The minimum absolute atomic E-state index is 0.404. The lowest BCUT2D eigenvalue weighted by molar-refractivity contribution is 0.433. The second-order valence-corrected chi connectivity index (χ2v) is 5.68. The molecule has 5 nitrogen and oxygen atoms in total. The Balaban J connectivity index is 1.99. The first-order chi connectivity index (χ1) is 9.67. The third-order valence-corrected chi connectivity index (χ3v) is 4.12. The minimum Gasteiger partial charge on any atom is -0.333 e. The molecule has 7 heteroatoms. The highest BCUT2D eigenvalue weighted by molar-refractivity contribution is 7.15. The number of nitrogens with zero attached hydrogens (tertiary/aromatic N) is 3. The monoisotopic (exact) mass is 306 g/mol. The third kappa shape index (κ3) is 2.45. The maximum absolute atomic E-state index is 5.96. The summed E-state index contributed by atoms with van der Waals surface area (Å²) < 4.78 is 5.31. The number of benzene rings is 1. The van der Waals surface area contributed by atoms with Crippen LogP contribution in [0.4, 0.5) is 0 Å². The molecule has 0 atom stereocenters. The molecule has 1 aromatic carbocycles. The van der Waals surface area contributed by atoms with E-state index in [0.717, 1.165) is 21.1 Å². The highest BCUT2D eigenvalue weighted by Gasteiger charge is 2.16. The van der Waals surface area contributed by atoms with E-state index in [1.54, 1.807) is 12.1 Å². The second kappa shape index (κ2) is 5.32. The van der Waals surface area contributed by atoms with Crippen molar-refractivity contribution in [2.75, 3.05) is 0 Å². The molecule has 3 rings (SSSR count). The van der Waals surface area contributed by atoms with E-state index in [9.17, 15) is 0 Å². The Morgan fingerprint density at radius 1 is 1.35 bits per heavy atom. The molecule has 0 spiro atoms. The summed E-state index contributed by atoms with van der Waals surface area (Å²) in [5.41, 5.74) is 7.25. The Kier molecular flexibility index (Phi) is 3.52. The lowest BCUT2D eigenvalue weighted by Gasteiger charge is -1.93. The second-order valence-electron chi connectivity index (χ2n) is 4.16. The van der Waals surface area contributed by atoms with Gasteiger partial charge in [0.05, 0.1) is 5.69 Å². The molecule has 0 bridgehead atoms. The zero-order valence-electron chi connectivity index (χ0n) is 10.6. The van der Waals surface area contributed by atoms with Gasteiger partial charge in [-0.15, -0.1) is 11.3 Å². The van der Waals surface area contributed by atoms with Crippen LogP contribution in [0.3, 0.4) is 0 Å². The normalized spacial score (nSPS) is 10.9. The van der Waals surface area contributed by atoms with Crippen LogP contribution >= 0.6 is 22.9 Å². The van der Waals surface area contributed by atoms with Gasteiger partial charge < -0.3 is 10.3 Å². The highest BCUT2D eigenvalue weighted by Crippen LogP contribution is 2.30. The van der Waals surface area contributed by atoms with Gasteiger partial charge in [-0.1, -0.05) is 28.9 Å². The van der Waals surface area contributed by atoms with Crippen LogP contribution in [-0.4, -0.2) is 15.1 Å². The number of hydrogen-bond acceptors (Lipinski definition) is 6. The van der Waals surface area contributed by atoms with E-state index >= 15 is 0 Å². The largest absolute Gasteiger partial charge is 0.333 e. The van der Waals surface area contributed by atoms with Crippen molar-refractivity contribution in [3.8, 4) is 22.2 Å². The Bertz CT molecular complexity index is 752. The number of halogens is 1. The number of hydrogen-bond donors (Lipinski definition) is 1. The Hall–Kier alpha value is -1.76. The molecule has 20 heavy (non-hydrogen) atoms. The SMILES string of the molecule is Cc1nc(CN)sc1-c1nc(-c2cccc(Cl)c2)no1. The molecule has 0 saturated heterocycles. The van der Waals surface area contributed by atoms with E-state index in [-0.39, 0.29) is 0 Å². The summed E-state index contributed by atoms with van der Waals surface area (Å²) in [4.78, 5) is 9.59. The summed E-state index contributed by atoms with van der Waals surface area (Å²) in [5, 5.41) is 5.46. The number of thiazole rings is 1. The van der Waals surface area contributed by atoms with Crippen LogP contribution in [0.2, 0.25) is 5.02 Å². The van der Waals surface area contributed by atoms with Crippen molar-refractivity contribution in [1.82, 2.24) is 15.1 Å². The summed E-state index contributed by atoms with van der Waals surface area (Å²) in [6.45, 7) is 2.30. The summed E-state index contributed by atoms with van der Waals surface area (Å²) in [6.07, 6.45) is 0. The van der Waals surface area contributed by atoms with E-state index in [1.807, 2.05) is 19.1 Å². The average molecular weight is 307 g/mol. The van der Waals surface area contributed by atoms with Crippen LogP contribution in [0.25, 0.3) is 22.2 Å². The smallest absolute Gasteiger partial charge is 0.270 e. The molecule has 0 amide bonds. The summed E-state index contributed by atoms with van der Waals surface area (Å²) in [7, 11) is 0. The Morgan fingerprint density at radius 2 is 2.20 bits per heavy atom. The molecule has 0 unspecified atom stereocenters. The number of rotatable bonds is 3. The average Bonchev–Trinajstić information content (AvgIpc) is 3.05. The fourth-order valence-corrected chi connectivity index (χ4v) is 2.85. The molecule has 2 aromatic heterocycles. The van der Waals surface area contributed by atoms with Crippen LogP contribution in [0.1, 0.15) is 10.7 Å². The summed E-state index contributed by atoms with van der Waals surface area (Å²) >= 11 is 7.42. The van der Waals surface area contributed by atoms with Crippen LogP contribution in [0, 0.1) is 6.92 Å². The van der Waals surface area contributed by atoms with Gasteiger partial charge in [0, 0.05) is 17.1 Å². The zero-order chi connectivity index (χ0) is 14.1. The van der Waals surface area contributed by atoms with Gasteiger partial charge in [-0.3, -0.25) is 0 Å². The van der Waals surface area contributed by atoms with Crippen molar-refractivity contribution in [2.24, 2.45) is 5.73 Å².